The molecule has 0 spiro atoms. The van der Waals surface area contributed by atoms with Gasteiger partial charge in [0, 0.05) is 38.5 Å². The van der Waals surface area contributed by atoms with Crippen molar-refractivity contribution in [3.63, 3.8) is 0 Å². The second-order valence-electron chi connectivity index (χ2n) is 6.29. The second kappa shape index (κ2) is 8.11. The van der Waals surface area contributed by atoms with Gasteiger partial charge in [0.25, 0.3) is 0 Å². The van der Waals surface area contributed by atoms with E-state index in [1.165, 1.54) is 0 Å². The van der Waals surface area contributed by atoms with E-state index in [2.05, 4.69) is 20.2 Å². The predicted molar refractivity (Wildman–Crippen MR) is 93.2 cm³/mol. The summed E-state index contributed by atoms with van der Waals surface area (Å²) in [6.45, 7) is 3.87. The standard InChI is InChI=1S/C18H24N4O3/c1-13-3-4-16(25-13)15(12-24-2)21-18(23)14-5-9-22(10-6-14)17-11-19-7-8-20-17/h3-4,7-8,11,14-15H,5-6,9-10,12H2,1-2H3,(H,21,23)/t15-/m0/s1. The van der Waals surface area contributed by atoms with E-state index in [0.717, 1.165) is 43.3 Å². The number of carbonyl (C=O) groups is 1. The van der Waals surface area contributed by atoms with Crippen molar-refractivity contribution in [2.24, 2.45) is 5.92 Å². The Hall–Kier alpha value is -2.41. The molecule has 25 heavy (non-hydrogen) atoms. The summed E-state index contributed by atoms with van der Waals surface area (Å²) < 4.78 is 10.9. The third kappa shape index (κ3) is 4.36. The van der Waals surface area contributed by atoms with Crippen LogP contribution in [-0.4, -0.2) is 42.7 Å². The third-order valence-corrected chi connectivity index (χ3v) is 4.49. The van der Waals surface area contributed by atoms with E-state index in [1.54, 1.807) is 25.7 Å². The fourth-order valence-corrected chi connectivity index (χ4v) is 3.12. The van der Waals surface area contributed by atoms with Gasteiger partial charge in [0.05, 0.1) is 12.8 Å². The molecule has 1 N–H and O–H groups in total. The van der Waals surface area contributed by atoms with Crippen LogP contribution in [0.2, 0.25) is 0 Å². The summed E-state index contributed by atoms with van der Waals surface area (Å²) >= 11 is 0. The number of hydrogen-bond donors (Lipinski definition) is 1. The number of nitrogens with one attached hydrogen (secondary N) is 1. The van der Waals surface area contributed by atoms with Crippen molar-refractivity contribution in [3.8, 4) is 0 Å². The summed E-state index contributed by atoms with van der Waals surface area (Å²) in [5, 5.41) is 3.07. The number of furan rings is 1. The first kappa shape index (κ1) is 17.4. The van der Waals surface area contributed by atoms with Crippen LogP contribution < -0.4 is 10.2 Å². The number of ether oxygens (including phenoxy) is 1. The molecule has 0 saturated carbocycles. The fraction of sp³-hybridized carbons (Fsp3) is 0.500. The molecule has 0 unspecified atom stereocenters. The summed E-state index contributed by atoms with van der Waals surface area (Å²) in [6.07, 6.45) is 6.69. The first-order valence-corrected chi connectivity index (χ1v) is 8.54. The average molecular weight is 344 g/mol. The molecule has 0 bridgehead atoms. The Labute approximate surface area is 147 Å². The van der Waals surface area contributed by atoms with Gasteiger partial charge in [-0.1, -0.05) is 0 Å². The Kier molecular flexibility index (Phi) is 5.65. The van der Waals surface area contributed by atoms with Crippen molar-refractivity contribution < 1.29 is 13.9 Å². The highest BCUT2D eigenvalue weighted by Gasteiger charge is 2.28. The van der Waals surface area contributed by atoms with E-state index in [1.807, 2.05) is 19.1 Å². The van der Waals surface area contributed by atoms with Crippen molar-refractivity contribution in [1.29, 1.82) is 0 Å². The van der Waals surface area contributed by atoms with Crippen molar-refractivity contribution in [2.45, 2.75) is 25.8 Å². The molecule has 1 atom stereocenters. The van der Waals surface area contributed by atoms with E-state index in [4.69, 9.17) is 9.15 Å². The highest BCUT2D eigenvalue weighted by molar-refractivity contribution is 5.79. The summed E-state index contributed by atoms with van der Waals surface area (Å²) in [7, 11) is 1.62. The first-order valence-electron chi connectivity index (χ1n) is 8.54. The van der Waals surface area contributed by atoms with Crippen LogP contribution >= 0.6 is 0 Å². The van der Waals surface area contributed by atoms with Crippen molar-refractivity contribution >= 4 is 11.7 Å². The number of amides is 1. The van der Waals surface area contributed by atoms with Gasteiger partial charge < -0.3 is 19.4 Å². The molecule has 0 radical (unpaired) electrons. The molecule has 1 aliphatic rings. The summed E-state index contributed by atoms with van der Waals surface area (Å²) in [4.78, 5) is 23.2. The van der Waals surface area contributed by atoms with E-state index in [0.29, 0.717) is 6.61 Å². The van der Waals surface area contributed by atoms with Crippen LogP contribution in [0.4, 0.5) is 5.82 Å². The topological polar surface area (TPSA) is 80.5 Å². The van der Waals surface area contributed by atoms with E-state index in [-0.39, 0.29) is 17.9 Å². The lowest BCUT2D eigenvalue weighted by Crippen LogP contribution is -2.42. The molecule has 1 fully saturated rings. The van der Waals surface area contributed by atoms with Crippen LogP contribution in [0.5, 0.6) is 0 Å². The number of rotatable bonds is 6. The van der Waals surface area contributed by atoms with Crippen LogP contribution in [0.25, 0.3) is 0 Å². The molecule has 2 aromatic rings. The zero-order chi connectivity index (χ0) is 17.6. The van der Waals surface area contributed by atoms with Crippen LogP contribution in [-0.2, 0) is 9.53 Å². The molecule has 1 amide bonds. The van der Waals surface area contributed by atoms with Crippen LogP contribution in [0, 0.1) is 12.8 Å². The van der Waals surface area contributed by atoms with Crippen molar-refractivity contribution in [2.75, 3.05) is 31.7 Å². The number of methoxy groups -OCH3 is 1. The highest BCUT2D eigenvalue weighted by atomic mass is 16.5. The van der Waals surface area contributed by atoms with Crippen LogP contribution in [0.15, 0.2) is 35.1 Å². The molecule has 7 nitrogen and oxygen atoms in total. The van der Waals surface area contributed by atoms with Crippen molar-refractivity contribution in [3.05, 3.63) is 42.2 Å². The summed E-state index contributed by atoms with van der Waals surface area (Å²) in [5.74, 6) is 2.45. The molecular weight excluding hydrogens is 320 g/mol. The number of aryl methyl sites for hydroxylation is 1. The van der Waals surface area contributed by atoms with Gasteiger partial charge in [0.2, 0.25) is 5.91 Å². The Morgan fingerprint density at radius 1 is 1.40 bits per heavy atom. The van der Waals surface area contributed by atoms with Crippen LogP contribution in [0.3, 0.4) is 0 Å². The van der Waals surface area contributed by atoms with Gasteiger partial charge in [-0.2, -0.15) is 0 Å². The van der Waals surface area contributed by atoms with Gasteiger partial charge in [-0.3, -0.25) is 9.78 Å². The minimum absolute atomic E-state index is 0.0108. The van der Waals surface area contributed by atoms with Crippen molar-refractivity contribution in [1.82, 2.24) is 15.3 Å². The highest BCUT2D eigenvalue weighted by Crippen LogP contribution is 2.23. The molecule has 3 rings (SSSR count). The zero-order valence-electron chi connectivity index (χ0n) is 14.6. The van der Waals surface area contributed by atoms with Gasteiger partial charge >= 0.3 is 0 Å². The van der Waals surface area contributed by atoms with E-state index >= 15 is 0 Å². The number of piperidine rings is 1. The molecule has 1 aliphatic heterocycles. The molecule has 134 valence electrons. The number of hydrogen-bond acceptors (Lipinski definition) is 6. The lowest BCUT2D eigenvalue weighted by molar-refractivity contribution is -0.127. The lowest BCUT2D eigenvalue weighted by atomic mass is 9.95. The fourth-order valence-electron chi connectivity index (χ4n) is 3.12. The minimum Gasteiger partial charge on any atom is -0.464 e. The molecule has 0 aliphatic carbocycles. The first-order chi connectivity index (χ1) is 12.2. The molecule has 0 aromatic carbocycles. The van der Waals surface area contributed by atoms with Crippen LogP contribution in [0.1, 0.15) is 30.4 Å². The normalized spacial score (nSPS) is 16.6. The predicted octanol–water partition coefficient (Wildman–Crippen LogP) is 2.10. The van der Waals surface area contributed by atoms with Gasteiger partial charge in [-0.05, 0) is 31.9 Å². The van der Waals surface area contributed by atoms with Gasteiger partial charge in [0.1, 0.15) is 23.4 Å². The second-order valence-corrected chi connectivity index (χ2v) is 6.29. The molecule has 1 saturated heterocycles. The maximum atomic E-state index is 12.7. The number of anilines is 1. The molecule has 7 heteroatoms. The SMILES string of the molecule is COC[C@H](NC(=O)C1CCN(c2cnccn2)CC1)c1ccc(C)o1. The Morgan fingerprint density at radius 3 is 2.80 bits per heavy atom. The maximum absolute atomic E-state index is 12.7. The summed E-state index contributed by atoms with van der Waals surface area (Å²) in [6, 6.07) is 3.52. The molecular formula is C18H24N4O3. The summed E-state index contributed by atoms with van der Waals surface area (Å²) in [5.41, 5.74) is 0. The molecule has 3 heterocycles. The maximum Gasteiger partial charge on any atom is 0.223 e. The van der Waals surface area contributed by atoms with Gasteiger partial charge in [0.15, 0.2) is 0 Å². The zero-order valence-corrected chi connectivity index (χ0v) is 14.6. The number of aromatic nitrogens is 2. The number of nitrogens with zero attached hydrogens (tertiary/aromatic N) is 3. The Bertz CT molecular complexity index is 681. The van der Waals surface area contributed by atoms with E-state index < -0.39 is 0 Å². The van der Waals surface area contributed by atoms with E-state index in [9.17, 15) is 4.79 Å². The molecule has 2 aromatic heterocycles. The lowest BCUT2D eigenvalue weighted by Gasteiger charge is -2.32. The largest absolute Gasteiger partial charge is 0.464 e. The minimum atomic E-state index is -0.260. The number of carbonyl (C=O) groups excluding carboxylic acids is 1. The monoisotopic (exact) mass is 344 g/mol. The van der Waals surface area contributed by atoms with Gasteiger partial charge in [-0.25, -0.2) is 4.98 Å². The quantitative estimate of drug-likeness (QED) is 0.864. The third-order valence-electron chi connectivity index (χ3n) is 4.49. The Balaban J connectivity index is 1.56. The Morgan fingerprint density at radius 2 is 2.20 bits per heavy atom. The average Bonchev–Trinajstić information content (AvgIpc) is 3.08. The smallest absolute Gasteiger partial charge is 0.223 e. The van der Waals surface area contributed by atoms with Gasteiger partial charge in [-0.15, -0.1) is 0 Å².